The number of anilines is 1. The maximum absolute atomic E-state index is 12.1. The molecule has 0 fully saturated rings. The van der Waals surface area contributed by atoms with E-state index in [2.05, 4.69) is 32.0 Å². The summed E-state index contributed by atoms with van der Waals surface area (Å²) in [6.07, 6.45) is 3.74. The van der Waals surface area contributed by atoms with E-state index in [4.69, 9.17) is 0 Å². The lowest BCUT2D eigenvalue weighted by molar-refractivity contribution is -0.119. The van der Waals surface area contributed by atoms with Crippen LogP contribution in [0.1, 0.15) is 38.7 Å². The number of rotatable bonds is 2. The molecule has 0 aromatic heterocycles. The summed E-state index contributed by atoms with van der Waals surface area (Å²) in [5, 5.41) is 0. The Hall–Kier alpha value is -1.31. The van der Waals surface area contributed by atoms with Gasteiger partial charge >= 0.3 is 0 Å². The molecule has 2 rings (SSSR count). The van der Waals surface area contributed by atoms with Gasteiger partial charge in [0.15, 0.2) is 0 Å². The van der Waals surface area contributed by atoms with Gasteiger partial charge in [0.2, 0.25) is 5.91 Å². The lowest BCUT2D eigenvalue weighted by Gasteiger charge is -2.35. The largest absolute Gasteiger partial charge is 0.309 e. The molecular weight excluding hydrogens is 198 g/mol. The fraction of sp³-hybridized carbons (Fsp3) is 0.500. The standard InChI is InChI=1S/C14H19NO/c1-3-6-14(16)15-11(2)9-10-12-7-4-5-8-13(12)15/h4-5,7-8,11H,3,6,9-10H2,1-2H3. The Labute approximate surface area is 97.3 Å². The van der Waals surface area contributed by atoms with Gasteiger partial charge in [-0.3, -0.25) is 4.79 Å². The molecule has 1 heterocycles. The van der Waals surface area contributed by atoms with Crippen LogP contribution in [0.3, 0.4) is 0 Å². The van der Waals surface area contributed by atoms with Gasteiger partial charge < -0.3 is 4.90 Å². The molecule has 0 radical (unpaired) electrons. The first kappa shape index (κ1) is 11.2. The minimum Gasteiger partial charge on any atom is -0.309 e. The third kappa shape index (κ3) is 1.97. The third-order valence-corrected chi connectivity index (χ3v) is 3.26. The molecule has 0 saturated heterocycles. The number of nitrogens with zero attached hydrogens (tertiary/aromatic N) is 1. The highest BCUT2D eigenvalue weighted by molar-refractivity contribution is 5.95. The van der Waals surface area contributed by atoms with E-state index >= 15 is 0 Å². The fourth-order valence-electron chi connectivity index (χ4n) is 2.40. The highest BCUT2D eigenvalue weighted by atomic mass is 16.2. The second-order valence-corrected chi connectivity index (χ2v) is 4.53. The van der Waals surface area contributed by atoms with Crippen molar-refractivity contribution >= 4 is 11.6 Å². The monoisotopic (exact) mass is 217 g/mol. The van der Waals surface area contributed by atoms with Gasteiger partial charge in [-0.25, -0.2) is 0 Å². The Morgan fingerprint density at radius 1 is 1.44 bits per heavy atom. The van der Waals surface area contributed by atoms with Crippen LogP contribution in [-0.4, -0.2) is 11.9 Å². The SMILES string of the molecule is CCCC(=O)N1c2ccccc2CCC1C. The van der Waals surface area contributed by atoms with Crippen LogP contribution in [0.2, 0.25) is 0 Å². The Morgan fingerprint density at radius 2 is 2.19 bits per heavy atom. The number of hydrogen-bond donors (Lipinski definition) is 0. The lowest BCUT2D eigenvalue weighted by atomic mass is 9.96. The number of fused-ring (bicyclic) bond motifs is 1. The maximum atomic E-state index is 12.1. The number of aryl methyl sites for hydroxylation is 1. The van der Waals surface area contributed by atoms with Crippen molar-refractivity contribution in [3.05, 3.63) is 29.8 Å². The molecule has 1 unspecified atom stereocenters. The molecular formula is C14H19NO. The van der Waals surface area contributed by atoms with E-state index in [-0.39, 0.29) is 5.91 Å². The van der Waals surface area contributed by atoms with E-state index in [0.29, 0.717) is 12.5 Å². The molecule has 0 spiro atoms. The van der Waals surface area contributed by atoms with Crippen LogP contribution in [0.15, 0.2) is 24.3 Å². The van der Waals surface area contributed by atoms with Gasteiger partial charge in [-0.1, -0.05) is 25.1 Å². The van der Waals surface area contributed by atoms with Crippen molar-refractivity contribution in [2.24, 2.45) is 0 Å². The Morgan fingerprint density at radius 3 is 2.94 bits per heavy atom. The minimum absolute atomic E-state index is 0.266. The number of amides is 1. The summed E-state index contributed by atoms with van der Waals surface area (Å²) in [5.41, 5.74) is 2.43. The average molecular weight is 217 g/mol. The van der Waals surface area contributed by atoms with Crippen molar-refractivity contribution in [2.75, 3.05) is 4.90 Å². The van der Waals surface area contributed by atoms with Crippen LogP contribution < -0.4 is 4.90 Å². The highest BCUT2D eigenvalue weighted by Crippen LogP contribution is 2.30. The molecule has 1 amide bonds. The molecule has 2 nitrogen and oxygen atoms in total. The first-order chi connectivity index (χ1) is 7.74. The van der Waals surface area contributed by atoms with Crippen molar-refractivity contribution in [3.8, 4) is 0 Å². The second-order valence-electron chi connectivity index (χ2n) is 4.53. The van der Waals surface area contributed by atoms with Crippen LogP contribution >= 0.6 is 0 Å². The van der Waals surface area contributed by atoms with Gasteiger partial charge in [0.25, 0.3) is 0 Å². The topological polar surface area (TPSA) is 20.3 Å². The van der Waals surface area contributed by atoms with Crippen LogP contribution in [0, 0.1) is 0 Å². The normalized spacial score (nSPS) is 19.4. The second kappa shape index (κ2) is 4.69. The first-order valence-electron chi connectivity index (χ1n) is 6.14. The van der Waals surface area contributed by atoms with Crippen LogP contribution in [-0.2, 0) is 11.2 Å². The predicted octanol–water partition coefficient (Wildman–Crippen LogP) is 3.15. The fourth-order valence-corrected chi connectivity index (χ4v) is 2.40. The van der Waals surface area contributed by atoms with Gasteiger partial charge in [-0.05, 0) is 37.8 Å². The molecule has 16 heavy (non-hydrogen) atoms. The van der Waals surface area contributed by atoms with Gasteiger partial charge in [-0.15, -0.1) is 0 Å². The molecule has 0 aliphatic carbocycles. The van der Waals surface area contributed by atoms with Crippen molar-refractivity contribution in [2.45, 2.75) is 45.6 Å². The molecule has 0 bridgehead atoms. The molecule has 0 N–H and O–H groups in total. The summed E-state index contributed by atoms with van der Waals surface area (Å²) >= 11 is 0. The molecule has 86 valence electrons. The predicted molar refractivity (Wildman–Crippen MR) is 66.6 cm³/mol. The van der Waals surface area contributed by atoms with E-state index in [1.165, 1.54) is 5.56 Å². The lowest BCUT2D eigenvalue weighted by Crippen LogP contribution is -2.41. The van der Waals surface area contributed by atoms with Crippen molar-refractivity contribution < 1.29 is 4.79 Å². The molecule has 2 heteroatoms. The van der Waals surface area contributed by atoms with Crippen LogP contribution in [0.25, 0.3) is 0 Å². The zero-order chi connectivity index (χ0) is 11.5. The Balaban J connectivity index is 2.33. The molecule has 1 aliphatic rings. The summed E-state index contributed by atoms with van der Waals surface area (Å²) in [4.78, 5) is 14.1. The molecule has 1 atom stereocenters. The number of para-hydroxylation sites is 1. The Bertz CT molecular complexity index is 386. The van der Waals surface area contributed by atoms with Gasteiger partial charge in [-0.2, -0.15) is 0 Å². The van der Waals surface area contributed by atoms with Gasteiger partial charge in [0.05, 0.1) is 0 Å². The van der Waals surface area contributed by atoms with Crippen LogP contribution in [0.4, 0.5) is 5.69 Å². The zero-order valence-corrected chi connectivity index (χ0v) is 10.1. The van der Waals surface area contributed by atoms with Crippen molar-refractivity contribution in [1.82, 2.24) is 0 Å². The molecule has 1 aliphatic heterocycles. The van der Waals surface area contributed by atoms with Crippen molar-refractivity contribution in [1.29, 1.82) is 0 Å². The number of carbonyl (C=O) groups excluding carboxylic acids is 1. The van der Waals surface area contributed by atoms with E-state index < -0.39 is 0 Å². The number of hydrogen-bond acceptors (Lipinski definition) is 1. The first-order valence-corrected chi connectivity index (χ1v) is 6.14. The summed E-state index contributed by atoms with van der Waals surface area (Å²) in [7, 11) is 0. The average Bonchev–Trinajstić information content (AvgIpc) is 2.29. The number of benzene rings is 1. The molecule has 1 aromatic carbocycles. The zero-order valence-electron chi connectivity index (χ0n) is 10.1. The summed E-state index contributed by atoms with van der Waals surface area (Å²) in [6, 6.07) is 8.61. The molecule has 1 aromatic rings. The summed E-state index contributed by atoms with van der Waals surface area (Å²) < 4.78 is 0. The number of carbonyl (C=O) groups is 1. The summed E-state index contributed by atoms with van der Waals surface area (Å²) in [6.45, 7) is 4.20. The van der Waals surface area contributed by atoms with E-state index in [1.54, 1.807) is 0 Å². The molecule has 0 saturated carbocycles. The Kier molecular flexibility index (Phi) is 3.28. The van der Waals surface area contributed by atoms with E-state index in [0.717, 1.165) is 24.9 Å². The maximum Gasteiger partial charge on any atom is 0.227 e. The van der Waals surface area contributed by atoms with Gasteiger partial charge in [0, 0.05) is 18.2 Å². The third-order valence-electron chi connectivity index (χ3n) is 3.26. The van der Waals surface area contributed by atoms with E-state index in [9.17, 15) is 4.79 Å². The summed E-state index contributed by atoms with van der Waals surface area (Å²) in [5.74, 6) is 0.266. The quantitative estimate of drug-likeness (QED) is 0.745. The van der Waals surface area contributed by atoms with Gasteiger partial charge in [0.1, 0.15) is 0 Å². The minimum atomic E-state index is 0.266. The smallest absolute Gasteiger partial charge is 0.227 e. The van der Waals surface area contributed by atoms with Crippen molar-refractivity contribution in [3.63, 3.8) is 0 Å². The van der Waals surface area contributed by atoms with E-state index in [1.807, 2.05) is 11.0 Å². The van der Waals surface area contributed by atoms with Crippen LogP contribution in [0.5, 0.6) is 0 Å². The highest BCUT2D eigenvalue weighted by Gasteiger charge is 2.26.